The van der Waals surface area contributed by atoms with Crippen LogP contribution in [0.25, 0.3) is 10.4 Å². The number of rotatable bonds is 8. The minimum atomic E-state index is -0.337. The molecule has 0 saturated carbocycles. The molecular weight excluding hydrogens is 508 g/mol. The summed E-state index contributed by atoms with van der Waals surface area (Å²) in [6, 6.07) is 8.23. The van der Waals surface area contributed by atoms with Crippen LogP contribution in [0.3, 0.4) is 0 Å². The Morgan fingerprint density at radius 1 is 1.13 bits per heavy atom. The van der Waals surface area contributed by atoms with E-state index in [0.717, 1.165) is 42.5 Å². The molecule has 3 amide bonds. The normalized spacial score (nSPS) is 16.3. The van der Waals surface area contributed by atoms with Crippen LogP contribution >= 0.6 is 11.3 Å². The van der Waals surface area contributed by atoms with Crippen molar-refractivity contribution in [1.29, 1.82) is 0 Å². The van der Waals surface area contributed by atoms with E-state index in [1.807, 2.05) is 33.2 Å². The van der Waals surface area contributed by atoms with Crippen LogP contribution in [0.1, 0.15) is 98.9 Å². The van der Waals surface area contributed by atoms with Gasteiger partial charge in [0.25, 0.3) is 0 Å². The highest BCUT2D eigenvalue weighted by Gasteiger charge is 2.31. The summed E-state index contributed by atoms with van der Waals surface area (Å²) in [5.74, 6) is 0.444. The van der Waals surface area contributed by atoms with E-state index >= 15 is 0 Å². The van der Waals surface area contributed by atoms with Gasteiger partial charge in [0, 0.05) is 19.5 Å². The first-order valence-electron chi connectivity index (χ1n) is 14.1. The molecule has 1 aliphatic heterocycles. The van der Waals surface area contributed by atoms with Gasteiger partial charge in [-0.2, -0.15) is 0 Å². The van der Waals surface area contributed by atoms with Gasteiger partial charge in [-0.1, -0.05) is 72.7 Å². The number of aromatic nitrogens is 1. The van der Waals surface area contributed by atoms with E-state index in [1.165, 1.54) is 4.88 Å². The molecule has 3 rings (SSSR count). The maximum atomic E-state index is 12.8. The maximum Gasteiger partial charge on any atom is 0.243 e. The number of hydrogen-bond acceptors (Lipinski definition) is 5. The predicted molar refractivity (Wildman–Crippen MR) is 162 cm³/mol. The van der Waals surface area contributed by atoms with Gasteiger partial charge >= 0.3 is 0 Å². The van der Waals surface area contributed by atoms with Crippen LogP contribution in [0.5, 0.6) is 0 Å². The lowest BCUT2D eigenvalue weighted by Crippen LogP contribution is -2.44. The average molecular weight is 559 g/mol. The van der Waals surface area contributed by atoms with Crippen molar-refractivity contribution in [2.24, 2.45) is 11.3 Å². The molecule has 2 aromatic rings. The van der Waals surface area contributed by atoms with Gasteiger partial charge in [0.15, 0.2) is 0 Å². The van der Waals surface area contributed by atoms with Crippen molar-refractivity contribution < 1.29 is 14.4 Å². The van der Waals surface area contributed by atoms with Crippen LogP contribution in [0.2, 0.25) is 0 Å². The Balaban J connectivity index is 0.000000537. The lowest BCUT2D eigenvalue weighted by Gasteiger charge is -2.27. The summed E-state index contributed by atoms with van der Waals surface area (Å²) in [6.45, 7) is 20.9. The highest BCUT2D eigenvalue weighted by molar-refractivity contribution is 7.13. The first kappa shape index (κ1) is 34.3. The molecule has 8 heteroatoms. The Hall–Kier alpha value is -2.74. The Morgan fingerprint density at radius 3 is 2.18 bits per heavy atom. The quantitative estimate of drug-likeness (QED) is 0.361. The van der Waals surface area contributed by atoms with Gasteiger partial charge in [0.05, 0.1) is 22.1 Å². The molecule has 3 atom stereocenters. The van der Waals surface area contributed by atoms with Crippen LogP contribution in [-0.4, -0.2) is 46.7 Å². The molecule has 1 aliphatic rings. The van der Waals surface area contributed by atoms with Crippen molar-refractivity contribution in [3.8, 4) is 10.4 Å². The molecule has 1 fully saturated rings. The third kappa shape index (κ3) is 11.1. The van der Waals surface area contributed by atoms with Crippen LogP contribution < -0.4 is 10.6 Å². The second-order valence-electron chi connectivity index (χ2n) is 11.4. The van der Waals surface area contributed by atoms with Crippen molar-refractivity contribution in [2.45, 2.75) is 107 Å². The van der Waals surface area contributed by atoms with Gasteiger partial charge in [-0.3, -0.25) is 14.4 Å². The van der Waals surface area contributed by atoms with Gasteiger partial charge in [0.1, 0.15) is 6.04 Å². The Kier molecular flexibility index (Phi) is 14.4. The van der Waals surface area contributed by atoms with Gasteiger partial charge in [0.2, 0.25) is 18.2 Å². The number of carbonyl (C=O) groups excluding carboxylic acids is 3. The van der Waals surface area contributed by atoms with E-state index in [0.29, 0.717) is 12.5 Å². The number of benzene rings is 1. The molecule has 1 saturated heterocycles. The monoisotopic (exact) mass is 558 g/mol. The van der Waals surface area contributed by atoms with Crippen molar-refractivity contribution >= 4 is 29.6 Å². The summed E-state index contributed by atoms with van der Waals surface area (Å²) in [5.41, 5.74) is 5.30. The number of nitrogens with zero attached hydrogens (tertiary/aromatic N) is 2. The molecule has 7 nitrogen and oxygen atoms in total. The van der Waals surface area contributed by atoms with Gasteiger partial charge in [-0.05, 0) is 55.6 Å². The maximum absolute atomic E-state index is 12.8. The number of likely N-dealkylation sites (tertiary alicyclic amines) is 1. The molecule has 0 bridgehead atoms. The van der Waals surface area contributed by atoms with Crippen LogP contribution in [0.15, 0.2) is 29.8 Å². The lowest BCUT2D eigenvalue weighted by atomic mass is 9.88. The molecule has 39 heavy (non-hydrogen) atoms. The van der Waals surface area contributed by atoms with E-state index < -0.39 is 0 Å². The zero-order valence-electron chi connectivity index (χ0n) is 25.6. The Morgan fingerprint density at radius 2 is 1.74 bits per heavy atom. The largest absolute Gasteiger partial charge is 0.353 e. The number of nitrogens with one attached hydrogen (secondary N) is 2. The molecule has 1 aromatic carbocycles. The molecule has 0 aliphatic carbocycles. The van der Waals surface area contributed by atoms with E-state index in [-0.39, 0.29) is 35.4 Å². The van der Waals surface area contributed by atoms with E-state index in [9.17, 15) is 14.4 Å². The minimum Gasteiger partial charge on any atom is -0.353 e. The van der Waals surface area contributed by atoms with Gasteiger partial charge in [-0.15, -0.1) is 11.3 Å². The van der Waals surface area contributed by atoms with Gasteiger partial charge in [-0.25, -0.2) is 4.98 Å². The summed E-state index contributed by atoms with van der Waals surface area (Å²) < 4.78 is 0. The Bertz CT molecular complexity index is 1030. The smallest absolute Gasteiger partial charge is 0.243 e. The van der Waals surface area contributed by atoms with Crippen LogP contribution in [-0.2, 0) is 14.4 Å². The number of amides is 3. The summed E-state index contributed by atoms with van der Waals surface area (Å²) in [5, 5.41) is 6.03. The molecule has 3 unspecified atom stereocenters. The Labute approximate surface area is 240 Å². The zero-order valence-corrected chi connectivity index (χ0v) is 26.4. The van der Waals surface area contributed by atoms with E-state index in [1.54, 1.807) is 23.2 Å². The van der Waals surface area contributed by atoms with Gasteiger partial charge < -0.3 is 15.5 Å². The third-order valence-electron chi connectivity index (χ3n) is 6.80. The number of hydrogen-bond donors (Lipinski definition) is 2. The number of carbonyl (C=O) groups is 3. The fraction of sp³-hybridized carbons (Fsp3) is 0.613. The van der Waals surface area contributed by atoms with Crippen molar-refractivity contribution in [2.75, 3.05) is 6.54 Å². The highest BCUT2D eigenvalue weighted by atomic mass is 32.1. The average Bonchev–Trinajstić information content (AvgIpc) is 3.53. The second kappa shape index (κ2) is 16.4. The fourth-order valence-electron chi connectivity index (χ4n) is 4.18. The first-order chi connectivity index (χ1) is 18.3. The second-order valence-corrected chi connectivity index (χ2v) is 12.2. The molecular formula is C31H50N4O3S. The summed E-state index contributed by atoms with van der Waals surface area (Å²) in [4.78, 5) is 41.6. The van der Waals surface area contributed by atoms with E-state index in [4.69, 9.17) is 0 Å². The summed E-state index contributed by atoms with van der Waals surface area (Å²) in [7, 11) is 0. The molecule has 2 heterocycles. The summed E-state index contributed by atoms with van der Waals surface area (Å²) >= 11 is 1.64. The van der Waals surface area contributed by atoms with Crippen molar-refractivity contribution in [1.82, 2.24) is 20.5 Å². The van der Waals surface area contributed by atoms with Crippen LogP contribution in [0, 0.1) is 18.3 Å². The standard InChI is InChI=1S/C21H27N3O2S.C8H17NO.C2H6/c1-14(2)11-18(23-21(26)19-5-4-10-24(19)13-25)16-6-8-17(9-7-16)20-15(3)22-12-27-20;1-6(8(3,4)5)9-7(2)10;1-2/h6-9,12-14,18-19H,4-5,10-11H2,1-3H3,(H,23,26);6H,1-5H3,(H,9,10);1-2H3. The number of thiazole rings is 1. The molecule has 1 aromatic heterocycles. The van der Waals surface area contributed by atoms with E-state index in [2.05, 4.69) is 74.5 Å². The predicted octanol–water partition coefficient (Wildman–Crippen LogP) is 6.53. The minimum absolute atomic E-state index is 0.0439. The molecule has 218 valence electrons. The zero-order chi connectivity index (χ0) is 29.8. The van der Waals surface area contributed by atoms with Crippen molar-refractivity contribution in [3.63, 3.8) is 0 Å². The molecule has 2 N–H and O–H groups in total. The lowest BCUT2D eigenvalue weighted by molar-refractivity contribution is -0.131. The molecule has 0 spiro atoms. The van der Waals surface area contributed by atoms with Crippen molar-refractivity contribution in [3.05, 3.63) is 41.0 Å². The molecule has 0 radical (unpaired) electrons. The fourth-order valence-corrected chi connectivity index (χ4v) is 4.99. The van der Waals surface area contributed by atoms with Crippen LogP contribution in [0.4, 0.5) is 0 Å². The number of aryl methyl sites for hydroxylation is 1. The summed E-state index contributed by atoms with van der Waals surface area (Å²) in [6.07, 6.45) is 3.27. The highest BCUT2D eigenvalue weighted by Crippen LogP contribution is 2.30. The first-order valence-corrected chi connectivity index (χ1v) is 15.0. The third-order valence-corrected chi connectivity index (χ3v) is 7.77. The topological polar surface area (TPSA) is 91.4 Å². The SMILES string of the molecule is CC.CC(=O)NC(C)C(C)(C)C.Cc1ncsc1-c1ccc(C(CC(C)C)NC(=O)C2CCCN2C=O)cc1.